The lowest BCUT2D eigenvalue weighted by atomic mass is 10.1. The molecule has 4 rings (SSSR count). The van der Waals surface area contributed by atoms with Gasteiger partial charge in [-0.15, -0.1) is 5.10 Å². The fourth-order valence-electron chi connectivity index (χ4n) is 3.89. The molecule has 1 aromatic heterocycles. The van der Waals surface area contributed by atoms with Gasteiger partial charge in [0.1, 0.15) is 11.4 Å². The van der Waals surface area contributed by atoms with Crippen molar-refractivity contribution in [2.75, 3.05) is 34.2 Å². The Hall–Kier alpha value is -4.71. The Labute approximate surface area is 235 Å². The predicted octanol–water partition coefficient (Wildman–Crippen LogP) is 3.09. The van der Waals surface area contributed by atoms with Gasteiger partial charge < -0.3 is 24.1 Å². The van der Waals surface area contributed by atoms with Gasteiger partial charge in [0, 0.05) is 5.56 Å². The Morgan fingerprint density at radius 3 is 2.27 bits per heavy atom. The molecule has 208 valence electrons. The summed E-state index contributed by atoms with van der Waals surface area (Å²) >= 11 is 1.24. The molecule has 2 N–H and O–H groups in total. The Morgan fingerprint density at radius 2 is 1.65 bits per heavy atom. The average Bonchev–Trinajstić information content (AvgIpc) is 3.42. The predicted molar refractivity (Wildman–Crippen MR) is 149 cm³/mol. The van der Waals surface area contributed by atoms with Gasteiger partial charge in [-0.05, 0) is 49.0 Å². The molecular weight excluding hydrogens is 534 g/mol. The number of carbonyl (C=O) groups is 1. The molecule has 0 aliphatic rings. The van der Waals surface area contributed by atoms with E-state index in [2.05, 4.69) is 20.7 Å². The lowest BCUT2D eigenvalue weighted by Gasteiger charge is -2.13. The van der Waals surface area contributed by atoms with Gasteiger partial charge in [-0.2, -0.15) is 9.67 Å². The molecule has 0 fully saturated rings. The van der Waals surface area contributed by atoms with E-state index in [0.717, 1.165) is 11.3 Å². The number of methoxy groups -OCH3 is 4. The highest BCUT2D eigenvalue weighted by Crippen LogP contribution is 2.40. The van der Waals surface area contributed by atoms with Crippen molar-refractivity contribution < 1.29 is 33.4 Å². The zero-order valence-electron chi connectivity index (χ0n) is 22.7. The summed E-state index contributed by atoms with van der Waals surface area (Å²) < 4.78 is 23.5. The first-order valence-corrected chi connectivity index (χ1v) is 13.1. The van der Waals surface area contributed by atoms with E-state index in [4.69, 9.17) is 18.9 Å². The maximum absolute atomic E-state index is 12.7. The van der Waals surface area contributed by atoms with Crippen molar-refractivity contribution in [1.29, 1.82) is 0 Å². The van der Waals surface area contributed by atoms with Crippen LogP contribution in [0.2, 0.25) is 0 Å². The number of benzene rings is 3. The Kier molecular flexibility index (Phi) is 9.12. The van der Waals surface area contributed by atoms with E-state index in [9.17, 15) is 9.90 Å². The zero-order valence-corrected chi connectivity index (χ0v) is 23.5. The molecule has 0 radical (unpaired) electrons. The lowest BCUT2D eigenvalue weighted by Crippen LogP contribution is -2.34. The minimum Gasteiger partial charge on any atom is -0.870 e. The summed E-state index contributed by atoms with van der Waals surface area (Å²) in [6, 6.07) is 17.9. The third-order valence-corrected chi connectivity index (χ3v) is 6.83. The van der Waals surface area contributed by atoms with Crippen molar-refractivity contribution >= 4 is 23.4 Å². The van der Waals surface area contributed by atoms with Crippen molar-refractivity contribution in [2.45, 2.75) is 12.1 Å². The second-order valence-corrected chi connectivity index (χ2v) is 9.27. The number of nitrogens with zero attached hydrogens (tertiary/aromatic N) is 3. The van der Waals surface area contributed by atoms with Crippen LogP contribution in [0.15, 0.2) is 70.9 Å². The fraction of sp³-hybridized carbons (Fsp3) is 0.214. The summed E-state index contributed by atoms with van der Waals surface area (Å²) in [7, 11) is 6.08. The molecule has 11 nitrogen and oxygen atoms in total. The van der Waals surface area contributed by atoms with Gasteiger partial charge in [-0.25, -0.2) is 5.43 Å². The molecule has 4 aromatic rings. The number of hydrogen-bond acceptors (Lipinski definition) is 9. The maximum atomic E-state index is 12.7. The minimum atomic E-state index is -0.325. The van der Waals surface area contributed by atoms with Gasteiger partial charge in [0.2, 0.25) is 5.75 Å². The maximum Gasteiger partial charge on any atom is 0.342 e. The molecule has 0 aliphatic heterocycles. The van der Waals surface area contributed by atoms with Crippen LogP contribution in [0.1, 0.15) is 12.5 Å². The van der Waals surface area contributed by atoms with Crippen LogP contribution in [-0.2, 0) is 4.79 Å². The van der Waals surface area contributed by atoms with Crippen LogP contribution in [-0.4, -0.2) is 56.0 Å². The number of nitrogens with one attached hydrogen (secondary N) is 2. The summed E-state index contributed by atoms with van der Waals surface area (Å²) in [6.45, 7) is 1.73. The number of ether oxygens (including phenoxy) is 4. The molecule has 0 saturated carbocycles. The van der Waals surface area contributed by atoms with Crippen LogP contribution >= 0.6 is 11.8 Å². The number of thioether (sulfide) groups is 1. The number of aromatic amines is 1. The highest BCUT2D eigenvalue weighted by molar-refractivity contribution is 7.99. The average molecular weight is 564 g/mol. The Bertz CT molecular complexity index is 1500. The summed E-state index contributed by atoms with van der Waals surface area (Å²) in [5.41, 5.74) is 5.33. The van der Waals surface area contributed by atoms with Crippen LogP contribution < -0.4 is 34.0 Å². The quantitative estimate of drug-likeness (QED) is 0.123. The molecule has 0 aliphatic carbocycles. The van der Waals surface area contributed by atoms with Crippen LogP contribution in [0.4, 0.5) is 0 Å². The number of hydrazone groups is 1. The van der Waals surface area contributed by atoms with Crippen molar-refractivity contribution in [3.8, 4) is 45.8 Å². The monoisotopic (exact) mass is 563 g/mol. The summed E-state index contributed by atoms with van der Waals surface area (Å²) in [4.78, 5) is 12.7. The number of carbonyl (C=O) groups excluding carboxylic acids is 1. The van der Waals surface area contributed by atoms with E-state index in [1.165, 1.54) is 24.9 Å². The smallest absolute Gasteiger partial charge is 0.342 e. The third-order valence-electron chi connectivity index (χ3n) is 5.89. The zero-order chi connectivity index (χ0) is 28.6. The molecule has 12 heteroatoms. The largest absolute Gasteiger partial charge is 0.870 e. The van der Waals surface area contributed by atoms with Gasteiger partial charge in [-0.1, -0.05) is 36.1 Å². The molecule has 0 atom stereocenters. The molecule has 1 heterocycles. The summed E-state index contributed by atoms with van der Waals surface area (Å²) in [5, 5.41) is 24.1. The Balaban J connectivity index is 1.59. The van der Waals surface area contributed by atoms with Gasteiger partial charge in [-0.3, -0.25) is 4.79 Å². The van der Waals surface area contributed by atoms with E-state index >= 15 is 0 Å². The van der Waals surface area contributed by atoms with Crippen molar-refractivity contribution in [3.05, 3.63) is 66.2 Å². The fourth-order valence-corrected chi connectivity index (χ4v) is 4.65. The number of H-pyrrole nitrogens is 1. The first-order chi connectivity index (χ1) is 19.4. The van der Waals surface area contributed by atoms with E-state index in [0.29, 0.717) is 39.5 Å². The standard InChI is InChI=1S/C28H29N5O6S/c1-17(18-11-12-21(34)22(13-18)36-2)29-30-25(35)16-40-28-32-31-27(33(28)20-9-7-6-8-10-20)19-14-23(37-3)26(39-5)24(15-19)38-4/h6-15H,16H2,1-5H3,(H2,29,30,34,35). The normalized spacial score (nSPS) is 11.2. The van der Waals surface area contributed by atoms with Crippen LogP contribution in [0, 0.1) is 0 Å². The molecule has 0 saturated heterocycles. The highest BCUT2D eigenvalue weighted by atomic mass is 32.2. The molecule has 3 aromatic carbocycles. The van der Waals surface area contributed by atoms with Crippen LogP contribution in [0.5, 0.6) is 28.7 Å². The van der Waals surface area contributed by atoms with Gasteiger partial charge >= 0.3 is 5.16 Å². The number of amides is 1. The van der Waals surface area contributed by atoms with E-state index in [1.807, 2.05) is 47.0 Å². The molecular formula is C28H29N5O6S. The first-order valence-electron chi connectivity index (χ1n) is 12.1. The van der Waals surface area contributed by atoms with E-state index < -0.39 is 0 Å². The highest BCUT2D eigenvalue weighted by Gasteiger charge is 2.27. The van der Waals surface area contributed by atoms with Gasteiger partial charge in [0.25, 0.3) is 11.7 Å². The third kappa shape index (κ3) is 6.12. The summed E-state index contributed by atoms with van der Waals surface area (Å²) in [5.74, 6) is 1.82. The van der Waals surface area contributed by atoms with Gasteiger partial charge in [0.05, 0.1) is 50.6 Å². The van der Waals surface area contributed by atoms with Gasteiger partial charge in [0.15, 0.2) is 11.5 Å². The number of hydrogen-bond donors (Lipinski definition) is 2. The number of aromatic nitrogens is 3. The van der Waals surface area contributed by atoms with Crippen molar-refractivity contribution in [1.82, 2.24) is 15.6 Å². The Morgan fingerprint density at radius 1 is 0.975 bits per heavy atom. The topological polar surface area (TPSA) is 134 Å². The first kappa shape index (κ1) is 28.3. The SMILES string of the molecule is COc1cc(C(C)=NNC(=O)CSc2n[nH]c(-c3cc(OC)c(OC)c(OC)c3)[n+]2-c2ccccc2)ccc1[O-]. The molecule has 0 spiro atoms. The molecule has 40 heavy (non-hydrogen) atoms. The van der Waals surface area contributed by atoms with Crippen LogP contribution in [0.25, 0.3) is 17.1 Å². The van der Waals surface area contributed by atoms with Crippen LogP contribution in [0.3, 0.4) is 0 Å². The van der Waals surface area contributed by atoms with Crippen molar-refractivity contribution in [3.63, 3.8) is 0 Å². The molecule has 0 unspecified atom stereocenters. The van der Waals surface area contributed by atoms with E-state index in [-0.39, 0.29) is 23.2 Å². The summed E-state index contributed by atoms with van der Waals surface area (Å²) in [6.07, 6.45) is 0. The second kappa shape index (κ2) is 12.9. The molecule has 1 amide bonds. The minimum absolute atomic E-state index is 0.0476. The molecule has 0 bridgehead atoms. The second-order valence-electron chi connectivity index (χ2n) is 8.33. The van der Waals surface area contributed by atoms with E-state index in [1.54, 1.807) is 40.4 Å². The number of rotatable bonds is 11. The lowest BCUT2D eigenvalue weighted by molar-refractivity contribution is -0.625. The van der Waals surface area contributed by atoms with Crippen molar-refractivity contribution in [2.24, 2.45) is 5.10 Å². The number of para-hydroxylation sites is 1.